The number of benzene rings is 2. The molecule has 0 unspecified atom stereocenters. The third-order valence-electron chi connectivity index (χ3n) is 3.95. The molecule has 0 aliphatic carbocycles. The average molecular weight is 346 g/mol. The van der Waals surface area contributed by atoms with Gasteiger partial charge in [0, 0.05) is 23.7 Å². The summed E-state index contributed by atoms with van der Waals surface area (Å²) >= 11 is 5.84. The number of rotatable bonds is 6. The lowest BCUT2D eigenvalue weighted by Gasteiger charge is -2.11. The van der Waals surface area contributed by atoms with Crippen LogP contribution >= 0.6 is 11.6 Å². The van der Waals surface area contributed by atoms with Crippen LogP contribution in [0.25, 0.3) is 0 Å². The van der Waals surface area contributed by atoms with Gasteiger partial charge in [0.05, 0.1) is 6.10 Å². The molecule has 1 aliphatic heterocycles. The lowest BCUT2D eigenvalue weighted by atomic mass is 10.1. The van der Waals surface area contributed by atoms with E-state index in [-0.39, 0.29) is 12.0 Å². The zero-order valence-corrected chi connectivity index (χ0v) is 14.1. The summed E-state index contributed by atoms with van der Waals surface area (Å²) in [5.41, 5.74) is 1.64. The van der Waals surface area contributed by atoms with Crippen LogP contribution in [0.3, 0.4) is 0 Å². The van der Waals surface area contributed by atoms with Crippen molar-refractivity contribution in [3.8, 4) is 5.75 Å². The highest BCUT2D eigenvalue weighted by Crippen LogP contribution is 2.17. The zero-order valence-electron chi connectivity index (χ0n) is 13.3. The fraction of sp³-hybridized carbons (Fsp3) is 0.316. The lowest BCUT2D eigenvalue weighted by Crippen LogP contribution is -2.31. The molecular formula is C19H20ClNO3. The van der Waals surface area contributed by atoms with E-state index in [9.17, 15) is 4.79 Å². The molecule has 3 rings (SSSR count). The molecule has 2 aromatic carbocycles. The van der Waals surface area contributed by atoms with Gasteiger partial charge in [0.15, 0.2) is 0 Å². The van der Waals surface area contributed by atoms with Crippen LogP contribution in [0, 0.1) is 0 Å². The molecule has 1 N–H and O–H groups in total. The molecule has 1 fully saturated rings. The van der Waals surface area contributed by atoms with Crippen molar-refractivity contribution in [3.63, 3.8) is 0 Å². The van der Waals surface area contributed by atoms with Crippen LogP contribution in [0.15, 0.2) is 48.5 Å². The second-order valence-electron chi connectivity index (χ2n) is 5.78. The van der Waals surface area contributed by atoms with E-state index < -0.39 is 0 Å². The van der Waals surface area contributed by atoms with Gasteiger partial charge in [0.2, 0.25) is 0 Å². The van der Waals surface area contributed by atoms with Crippen molar-refractivity contribution >= 4 is 17.5 Å². The third kappa shape index (κ3) is 4.73. The van der Waals surface area contributed by atoms with Crippen molar-refractivity contribution in [1.29, 1.82) is 0 Å². The topological polar surface area (TPSA) is 47.6 Å². The summed E-state index contributed by atoms with van der Waals surface area (Å²) in [6.45, 7) is 1.81. The molecule has 5 heteroatoms. The summed E-state index contributed by atoms with van der Waals surface area (Å²) in [5, 5.41) is 3.60. The molecular weight excluding hydrogens is 326 g/mol. The second-order valence-corrected chi connectivity index (χ2v) is 6.22. The number of ether oxygens (including phenoxy) is 2. The maximum atomic E-state index is 12.1. The van der Waals surface area contributed by atoms with Gasteiger partial charge in [-0.3, -0.25) is 4.79 Å². The first-order valence-corrected chi connectivity index (χ1v) is 8.45. The summed E-state index contributed by atoms with van der Waals surface area (Å²) in [6.07, 6.45) is 2.24. The number of nitrogens with one attached hydrogen (secondary N) is 1. The minimum absolute atomic E-state index is 0.0735. The Morgan fingerprint density at radius 1 is 1.17 bits per heavy atom. The number of carbonyl (C=O) groups is 1. The van der Waals surface area contributed by atoms with E-state index in [0.717, 1.165) is 30.8 Å². The van der Waals surface area contributed by atoms with E-state index in [0.29, 0.717) is 23.7 Å². The van der Waals surface area contributed by atoms with E-state index in [1.807, 2.05) is 36.4 Å². The van der Waals surface area contributed by atoms with Gasteiger partial charge in [-0.1, -0.05) is 23.7 Å². The highest BCUT2D eigenvalue weighted by molar-refractivity contribution is 6.30. The predicted molar refractivity (Wildman–Crippen MR) is 93.5 cm³/mol. The molecule has 1 amide bonds. The van der Waals surface area contributed by atoms with Crippen molar-refractivity contribution in [2.45, 2.75) is 25.6 Å². The van der Waals surface area contributed by atoms with E-state index in [2.05, 4.69) is 5.32 Å². The normalized spacial score (nSPS) is 16.8. The summed E-state index contributed by atoms with van der Waals surface area (Å²) in [4.78, 5) is 12.1. The Morgan fingerprint density at radius 2 is 1.92 bits per heavy atom. The van der Waals surface area contributed by atoms with Crippen LogP contribution in [0.5, 0.6) is 5.75 Å². The third-order valence-corrected chi connectivity index (χ3v) is 4.20. The molecule has 126 valence electrons. The van der Waals surface area contributed by atoms with E-state index in [1.165, 1.54) is 0 Å². The van der Waals surface area contributed by atoms with Crippen LogP contribution in [-0.2, 0) is 11.3 Å². The van der Waals surface area contributed by atoms with Gasteiger partial charge in [-0.15, -0.1) is 0 Å². The Kier molecular flexibility index (Phi) is 5.72. The van der Waals surface area contributed by atoms with Crippen molar-refractivity contribution in [1.82, 2.24) is 5.32 Å². The van der Waals surface area contributed by atoms with Crippen molar-refractivity contribution in [2.75, 3.05) is 13.2 Å². The smallest absolute Gasteiger partial charge is 0.251 e. The minimum atomic E-state index is -0.0735. The molecule has 1 heterocycles. The molecule has 2 aromatic rings. The Balaban J connectivity index is 1.48. The molecule has 24 heavy (non-hydrogen) atoms. The zero-order chi connectivity index (χ0) is 16.8. The highest BCUT2D eigenvalue weighted by atomic mass is 35.5. The molecule has 4 nitrogen and oxygen atoms in total. The molecule has 0 spiro atoms. The van der Waals surface area contributed by atoms with Gasteiger partial charge in [0.25, 0.3) is 5.91 Å². The first kappa shape index (κ1) is 16.8. The van der Waals surface area contributed by atoms with E-state index in [4.69, 9.17) is 21.1 Å². The summed E-state index contributed by atoms with van der Waals surface area (Å²) in [7, 11) is 0. The maximum Gasteiger partial charge on any atom is 0.251 e. The number of hydrogen-bond donors (Lipinski definition) is 1. The first-order valence-electron chi connectivity index (χ1n) is 8.08. The monoisotopic (exact) mass is 345 g/mol. The van der Waals surface area contributed by atoms with Gasteiger partial charge >= 0.3 is 0 Å². The van der Waals surface area contributed by atoms with Crippen LogP contribution in [-0.4, -0.2) is 25.2 Å². The first-order chi connectivity index (χ1) is 11.7. The minimum Gasteiger partial charge on any atom is -0.489 e. The summed E-state index contributed by atoms with van der Waals surface area (Å²) in [6, 6.07) is 14.7. The Bertz CT molecular complexity index is 664. The van der Waals surface area contributed by atoms with E-state index >= 15 is 0 Å². The van der Waals surface area contributed by atoms with E-state index in [1.54, 1.807) is 12.1 Å². The number of halogens is 1. The van der Waals surface area contributed by atoms with Crippen molar-refractivity contribution in [2.24, 2.45) is 0 Å². The molecule has 0 bridgehead atoms. The molecule has 1 saturated heterocycles. The molecule has 0 radical (unpaired) electrons. The average Bonchev–Trinajstić information content (AvgIpc) is 3.13. The molecule has 1 atom stereocenters. The Morgan fingerprint density at radius 3 is 2.58 bits per heavy atom. The molecule has 0 aromatic heterocycles. The molecule has 0 saturated carbocycles. The maximum absolute atomic E-state index is 12.1. The van der Waals surface area contributed by atoms with Crippen LogP contribution in [0.4, 0.5) is 0 Å². The highest BCUT2D eigenvalue weighted by Gasteiger charge is 2.16. The quantitative estimate of drug-likeness (QED) is 0.865. The standard InChI is InChI=1S/C19H20ClNO3/c20-16-7-9-17(10-8-16)24-13-14-3-5-15(6-4-14)19(22)21-12-18-2-1-11-23-18/h3-10,18H,1-2,11-13H2,(H,21,22)/t18-/m0/s1. The largest absolute Gasteiger partial charge is 0.489 e. The summed E-state index contributed by atoms with van der Waals surface area (Å²) < 4.78 is 11.2. The van der Waals surface area contributed by atoms with Crippen LogP contribution < -0.4 is 10.1 Å². The van der Waals surface area contributed by atoms with Gasteiger partial charge in [-0.25, -0.2) is 0 Å². The fourth-order valence-corrected chi connectivity index (χ4v) is 2.69. The molecule has 1 aliphatic rings. The van der Waals surface area contributed by atoms with Gasteiger partial charge in [0.1, 0.15) is 12.4 Å². The number of carbonyl (C=O) groups excluding carboxylic acids is 1. The Labute approximate surface area is 146 Å². The van der Waals surface area contributed by atoms with Gasteiger partial charge in [-0.2, -0.15) is 0 Å². The predicted octanol–water partition coefficient (Wildman–Crippen LogP) is 3.83. The number of hydrogen-bond acceptors (Lipinski definition) is 3. The van der Waals surface area contributed by atoms with Crippen molar-refractivity contribution < 1.29 is 14.3 Å². The fourth-order valence-electron chi connectivity index (χ4n) is 2.56. The lowest BCUT2D eigenvalue weighted by molar-refractivity contribution is 0.0857. The second kappa shape index (κ2) is 8.18. The van der Waals surface area contributed by atoms with Crippen LogP contribution in [0.2, 0.25) is 5.02 Å². The number of amides is 1. The van der Waals surface area contributed by atoms with Gasteiger partial charge in [-0.05, 0) is 54.8 Å². The SMILES string of the molecule is O=C(NC[C@@H]1CCCO1)c1ccc(COc2ccc(Cl)cc2)cc1. The van der Waals surface area contributed by atoms with Crippen molar-refractivity contribution in [3.05, 3.63) is 64.7 Å². The van der Waals surface area contributed by atoms with Gasteiger partial charge < -0.3 is 14.8 Å². The Hall–Kier alpha value is -2.04. The summed E-state index contributed by atoms with van der Waals surface area (Å²) in [5.74, 6) is 0.688. The van der Waals surface area contributed by atoms with Crippen LogP contribution in [0.1, 0.15) is 28.8 Å².